The van der Waals surface area contributed by atoms with Gasteiger partial charge in [-0.05, 0) is 37.5 Å². The smallest absolute Gasteiger partial charge is 0.253 e. The second-order valence-electron chi connectivity index (χ2n) is 7.28. The number of ether oxygens (including phenoxy) is 1. The van der Waals surface area contributed by atoms with Gasteiger partial charge in [0.1, 0.15) is 11.6 Å². The number of hydrogen-bond acceptors (Lipinski definition) is 5. The fraction of sp³-hybridized carbons (Fsp3) is 0.429. The van der Waals surface area contributed by atoms with Crippen molar-refractivity contribution in [2.24, 2.45) is 0 Å². The molecule has 1 saturated carbocycles. The fourth-order valence-electron chi connectivity index (χ4n) is 3.44. The third kappa shape index (κ3) is 4.39. The zero-order valence-electron chi connectivity index (χ0n) is 15.6. The molecule has 27 heavy (non-hydrogen) atoms. The Kier molecular flexibility index (Phi) is 5.25. The molecule has 6 heteroatoms. The first-order chi connectivity index (χ1) is 13.2. The van der Waals surface area contributed by atoms with Crippen LogP contribution in [0.1, 0.15) is 35.2 Å². The molecule has 1 aromatic heterocycles. The lowest BCUT2D eigenvalue weighted by atomic mass is 10.2. The van der Waals surface area contributed by atoms with Crippen LogP contribution in [0.5, 0.6) is 5.75 Å². The van der Waals surface area contributed by atoms with Crippen molar-refractivity contribution in [2.75, 3.05) is 25.1 Å². The zero-order valence-corrected chi connectivity index (χ0v) is 15.6. The average Bonchev–Trinajstić information content (AvgIpc) is 3.40. The van der Waals surface area contributed by atoms with Crippen molar-refractivity contribution in [3.63, 3.8) is 0 Å². The van der Waals surface area contributed by atoms with Gasteiger partial charge >= 0.3 is 0 Å². The van der Waals surface area contributed by atoms with Crippen LogP contribution in [0.3, 0.4) is 0 Å². The first-order valence-corrected chi connectivity index (χ1v) is 9.60. The number of pyridine rings is 1. The number of anilines is 1. The van der Waals surface area contributed by atoms with Crippen LogP contribution in [0.25, 0.3) is 0 Å². The molecule has 0 radical (unpaired) electrons. The van der Waals surface area contributed by atoms with Crippen LogP contribution in [0, 0.1) is 0 Å². The van der Waals surface area contributed by atoms with Gasteiger partial charge in [0.2, 0.25) is 0 Å². The molecule has 2 N–H and O–H groups in total. The highest BCUT2D eigenvalue weighted by molar-refractivity contribution is 5.94. The molecule has 1 atom stereocenters. The quantitative estimate of drug-likeness (QED) is 0.787. The highest BCUT2D eigenvalue weighted by Crippen LogP contribution is 2.22. The maximum Gasteiger partial charge on any atom is 0.253 e. The summed E-state index contributed by atoms with van der Waals surface area (Å²) in [7, 11) is 1.70. The lowest BCUT2D eigenvalue weighted by Gasteiger charge is -2.18. The van der Waals surface area contributed by atoms with Crippen LogP contribution in [-0.4, -0.2) is 43.2 Å². The van der Waals surface area contributed by atoms with E-state index in [1.54, 1.807) is 13.3 Å². The van der Waals surface area contributed by atoms with E-state index < -0.39 is 0 Å². The Bertz CT molecular complexity index is 789. The molecule has 2 fully saturated rings. The van der Waals surface area contributed by atoms with Crippen LogP contribution in [0.4, 0.5) is 5.82 Å². The van der Waals surface area contributed by atoms with Crippen molar-refractivity contribution in [2.45, 2.75) is 37.9 Å². The number of carbonyl (C=O) groups is 1. The molecule has 0 bridgehead atoms. The van der Waals surface area contributed by atoms with Crippen LogP contribution in [0.2, 0.25) is 0 Å². The van der Waals surface area contributed by atoms with Crippen molar-refractivity contribution in [1.29, 1.82) is 0 Å². The Balaban J connectivity index is 1.30. The maximum absolute atomic E-state index is 12.1. The summed E-state index contributed by atoms with van der Waals surface area (Å²) >= 11 is 0. The number of methoxy groups -OCH3 is 1. The molecule has 4 rings (SSSR count). The first kappa shape index (κ1) is 17.8. The van der Waals surface area contributed by atoms with E-state index >= 15 is 0 Å². The molecule has 1 aliphatic heterocycles. The minimum Gasteiger partial charge on any atom is -0.496 e. The van der Waals surface area contributed by atoms with Gasteiger partial charge in [0, 0.05) is 43.5 Å². The number of carbonyl (C=O) groups excluding carboxylic acids is 1. The minimum atomic E-state index is -0.0191. The topological polar surface area (TPSA) is 66.5 Å². The van der Waals surface area contributed by atoms with Crippen molar-refractivity contribution in [1.82, 2.24) is 15.6 Å². The predicted molar refractivity (Wildman–Crippen MR) is 105 cm³/mol. The number of amides is 1. The van der Waals surface area contributed by atoms with E-state index in [2.05, 4.69) is 26.6 Å². The summed E-state index contributed by atoms with van der Waals surface area (Å²) in [5.74, 6) is 1.83. The lowest BCUT2D eigenvalue weighted by molar-refractivity contribution is 0.0950. The van der Waals surface area contributed by atoms with E-state index in [1.165, 1.54) is 5.56 Å². The molecule has 0 unspecified atom stereocenters. The standard InChI is InChI=1S/C21H26N4O2/c1-27-19-5-3-2-4-15(19)12-22-18-10-11-25(14-18)20-9-6-16(13-23-20)21(26)24-17-7-8-17/h2-6,9,13,17-18,22H,7-8,10-12,14H2,1H3,(H,24,26)/t18-/m0/s1. The third-order valence-electron chi connectivity index (χ3n) is 5.21. The van der Waals surface area contributed by atoms with E-state index in [0.29, 0.717) is 17.6 Å². The molecule has 6 nitrogen and oxygen atoms in total. The Labute approximate surface area is 159 Å². The van der Waals surface area contributed by atoms with Crippen molar-refractivity contribution in [3.05, 3.63) is 53.7 Å². The summed E-state index contributed by atoms with van der Waals surface area (Å²) in [4.78, 5) is 18.8. The van der Waals surface area contributed by atoms with Gasteiger partial charge in [0.05, 0.1) is 12.7 Å². The molecule has 2 aromatic rings. The Hall–Kier alpha value is -2.60. The SMILES string of the molecule is COc1ccccc1CN[C@H]1CCN(c2ccc(C(=O)NC3CC3)cn2)C1. The summed E-state index contributed by atoms with van der Waals surface area (Å²) < 4.78 is 5.42. The van der Waals surface area contributed by atoms with E-state index in [0.717, 1.165) is 50.5 Å². The molecule has 1 aromatic carbocycles. The highest BCUT2D eigenvalue weighted by Gasteiger charge is 2.25. The Morgan fingerprint density at radius 2 is 2.04 bits per heavy atom. The normalized spacial score (nSPS) is 19.1. The van der Waals surface area contributed by atoms with Gasteiger partial charge in [-0.15, -0.1) is 0 Å². The first-order valence-electron chi connectivity index (χ1n) is 9.60. The van der Waals surface area contributed by atoms with E-state index in [-0.39, 0.29) is 5.91 Å². The van der Waals surface area contributed by atoms with Crippen molar-refractivity contribution >= 4 is 11.7 Å². The van der Waals surface area contributed by atoms with E-state index in [4.69, 9.17) is 4.74 Å². The summed E-state index contributed by atoms with van der Waals surface area (Å²) in [6, 6.07) is 12.7. The Morgan fingerprint density at radius 1 is 1.19 bits per heavy atom. The Morgan fingerprint density at radius 3 is 2.78 bits per heavy atom. The van der Waals surface area contributed by atoms with Gasteiger partial charge in [0.25, 0.3) is 5.91 Å². The van der Waals surface area contributed by atoms with Crippen LogP contribution < -0.4 is 20.3 Å². The molecule has 142 valence electrons. The molecule has 1 amide bonds. The molecular weight excluding hydrogens is 340 g/mol. The molecule has 1 saturated heterocycles. The van der Waals surface area contributed by atoms with Gasteiger partial charge < -0.3 is 20.3 Å². The average molecular weight is 366 g/mol. The van der Waals surface area contributed by atoms with Crippen molar-refractivity contribution in [3.8, 4) is 5.75 Å². The maximum atomic E-state index is 12.1. The number of para-hydroxylation sites is 1. The largest absolute Gasteiger partial charge is 0.496 e. The van der Waals surface area contributed by atoms with Gasteiger partial charge in [-0.1, -0.05) is 18.2 Å². The van der Waals surface area contributed by atoms with Gasteiger partial charge in [-0.25, -0.2) is 4.98 Å². The summed E-state index contributed by atoms with van der Waals surface area (Å²) in [5.41, 5.74) is 1.80. The van der Waals surface area contributed by atoms with Crippen molar-refractivity contribution < 1.29 is 9.53 Å². The third-order valence-corrected chi connectivity index (χ3v) is 5.21. The van der Waals surface area contributed by atoms with E-state index in [1.807, 2.05) is 30.3 Å². The molecular formula is C21H26N4O2. The summed E-state index contributed by atoms with van der Waals surface area (Å²) in [6.07, 6.45) is 4.94. The number of benzene rings is 1. The van der Waals surface area contributed by atoms with Crippen LogP contribution in [-0.2, 0) is 6.54 Å². The lowest BCUT2D eigenvalue weighted by Crippen LogP contribution is -2.32. The molecule has 2 aliphatic rings. The fourth-order valence-corrected chi connectivity index (χ4v) is 3.44. The second kappa shape index (κ2) is 7.96. The van der Waals surface area contributed by atoms with Crippen LogP contribution in [0.15, 0.2) is 42.6 Å². The van der Waals surface area contributed by atoms with Crippen LogP contribution >= 0.6 is 0 Å². The summed E-state index contributed by atoms with van der Waals surface area (Å²) in [5, 5.41) is 6.61. The van der Waals surface area contributed by atoms with Gasteiger partial charge in [-0.2, -0.15) is 0 Å². The highest BCUT2D eigenvalue weighted by atomic mass is 16.5. The number of hydrogen-bond donors (Lipinski definition) is 2. The monoisotopic (exact) mass is 366 g/mol. The number of nitrogens with zero attached hydrogens (tertiary/aromatic N) is 2. The second-order valence-corrected chi connectivity index (χ2v) is 7.28. The number of rotatable bonds is 7. The zero-order chi connectivity index (χ0) is 18.6. The molecule has 0 spiro atoms. The van der Waals surface area contributed by atoms with E-state index in [9.17, 15) is 4.79 Å². The predicted octanol–water partition coefficient (Wildman–Crippen LogP) is 2.35. The number of aromatic nitrogens is 1. The summed E-state index contributed by atoms with van der Waals surface area (Å²) in [6.45, 7) is 2.66. The number of nitrogens with one attached hydrogen (secondary N) is 2. The van der Waals surface area contributed by atoms with Gasteiger partial charge in [-0.3, -0.25) is 4.79 Å². The van der Waals surface area contributed by atoms with Gasteiger partial charge in [0.15, 0.2) is 0 Å². The molecule has 2 heterocycles. The molecule has 1 aliphatic carbocycles. The minimum absolute atomic E-state index is 0.0191.